The Balaban J connectivity index is 1.74. The van der Waals surface area contributed by atoms with Gasteiger partial charge in [-0.15, -0.1) is 0 Å². The van der Waals surface area contributed by atoms with Gasteiger partial charge in [0.2, 0.25) is 5.91 Å². The molecule has 1 amide bonds. The minimum atomic E-state index is -0.555. The van der Waals surface area contributed by atoms with Crippen LogP contribution in [-0.2, 0) is 11.3 Å². The second-order valence-electron chi connectivity index (χ2n) is 5.46. The first-order valence-electron chi connectivity index (χ1n) is 7.61. The van der Waals surface area contributed by atoms with Gasteiger partial charge in [0.25, 0.3) is 5.56 Å². The minimum Gasteiger partial charge on any atom is -0.497 e. The smallest absolute Gasteiger partial charge is 0.269 e. The van der Waals surface area contributed by atoms with Gasteiger partial charge in [-0.1, -0.05) is 35.8 Å². The van der Waals surface area contributed by atoms with E-state index in [1.54, 1.807) is 20.1 Å². The molecule has 1 N–H and O–H groups in total. The number of hydrogen-bond acceptors (Lipinski definition) is 4. The molecule has 3 rings (SSSR count). The number of benzene rings is 2. The molecular weight excluding hydrogens is 324 g/mol. The first-order valence-corrected chi connectivity index (χ1v) is 8.38. The molecule has 1 aromatic heterocycles. The Morgan fingerprint density at radius 3 is 2.79 bits per heavy atom. The van der Waals surface area contributed by atoms with Gasteiger partial charge in [-0.2, -0.15) is 0 Å². The monoisotopic (exact) mass is 342 g/mol. The van der Waals surface area contributed by atoms with E-state index in [9.17, 15) is 9.59 Å². The van der Waals surface area contributed by atoms with Crippen molar-refractivity contribution in [2.75, 3.05) is 7.11 Å². The molecule has 0 aliphatic carbocycles. The molecule has 0 fully saturated rings. The van der Waals surface area contributed by atoms with E-state index in [2.05, 4.69) is 5.32 Å². The van der Waals surface area contributed by atoms with E-state index in [0.717, 1.165) is 16.0 Å². The Morgan fingerprint density at radius 1 is 1.25 bits per heavy atom. The number of amides is 1. The second kappa shape index (κ2) is 6.88. The molecule has 3 aromatic rings. The highest BCUT2D eigenvalue weighted by Gasteiger charge is 2.19. The number of nitrogens with one attached hydrogen (secondary N) is 1. The molecule has 5 nitrogen and oxygen atoms in total. The van der Waals surface area contributed by atoms with Crippen LogP contribution in [0, 0.1) is 0 Å². The zero-order valence-electron chi connectivity index (χ0n) is 13.5. The third-order valence-corrected chi connectivity index (χ3v) is 5.08. The molecule has 2 aromatic carbocycles. The number of rotatable bonds is 5. The van der Waals surface area contributed by atoms with Gasteiger partial charge >= 0.3 is 0 Å². The van der Waals surface area contributed by atoms with Crippen LogP contribution in [0.5, 0.6) is 5.75 Å². The highest BCUT2D eigenvalue weighted by atomic mass is 32.1. The molecule has 0 aliphatic heterocycles. The van der Waals surface area contributed by atoms with Crippen LogP contribution in [-0.4, -0.2) is 17.0 Å². The molecule has 24 heavy (non-hydrogen) atoms. The van der Waals surface area contributed by atoms with Gasteiger partial charge in [-0.25, -0.2) is 0 Å². The fourth-order valence-corrected chi connectivity index (χ4v) is 3.51. The Bertz CT molecular complexity index is 929. The summed E-state index contributed by atoms with van der Waals surface area (Å²) in [6.07, 6.45) is 0. The summed E-state index contributed by atoms with van der Waals surface area (Å²) in [7, 11) is 1.60. The lowest BCUT2D eigenvalue weighted by Gasteiger charge is -2.12. The van der Waals surface area contributed by atoms with Crippen LogP contribution < -0.4 is 15.6 Å². The number of hydrogen-bond donors (Lipinski definition) is 1. The summed E-state index contributed by atoms with van der Waals surface area (Å²) in [4.78, 5) is 24.8. The molecular formula is C18H18N2O3S. The van der Waals surface area contributed by atoms with Gasteiger partial charge in [-0.05, 0) is 36.8 Å². The van der Waals surface area contributed by atoms with Crippen LogP contribution >= 0.6 is 11.5 Å². The van der Waals surface area contributed by atoms with Crippen LogP contribution in [0.2, 0.25) is 0 Å². The summed E-state index contributed by atoms with van der Waals surface area (Å²) in [5.74, 6) is 0.557. The number of aromatic nitrogens is 1. The van der Waals surface area contributed by atoms with Crippen molar-refractivity contribution in [1.82, 2.24) is 9.27 Å². The van der Waals surface area contributed by atoms with Gasteiger partial charge in [0.1, 0.15) is 11.8 Å². The number of carbonyl (C=O) groups is 1. The van der Waals surface area contributed by atoms with Crippen molar-refractivity contribution in [2.45, 2.75) is 19.5 Å². The molecule has 6 heteroatoms. The molecule has 0 saturated carbocycles. The van der Waals surface area contributed by atoms with E-state index >= 15 is 0 Å². The van der Waals surface area contributed by atoms with Crippen LogP contribution in [0.25, 0.3) is 10.1 Å². The zero-order chi connectivity index (χ0) is 17.1. The van der Waals surface area contributed by atoms with Crippen molar-refractivity contribution in [3.05, 3.63) is 64.4 Å². The van der Waals surface area contributed by atoms with Crippen LogP contribution in [0.15, 0.2) is 53.3 Å². The number of fused-ring (bicyclic) bond motifs is 1. The summed E-state index contributed by atoms with van der Waals surface area (Å²) in [6.45, 7) is 2.12. The predicted molar refractivity (Wildman–Crippen MR) is 95.6 cm³/mol. The third-order valence-electron chi connectivity index (χ3n) is 3.85. The maximum absolute atomic E-state index is 12.4. The van der Waals surface area contributed by atoms with Crippen LogP contribution in [0.3, 0.4) is 0 Å². The van der Waals surface area contributed by atoms with Crippen molar-refractivity contribution in [2.24, 2.45) is 0 Å². The normalized spacial score (nSPS) is 12.1. The van der Waals surface area contributed by atoms with Gasteiger partial charge in [0, 0.05) is 6.54 Å². The standard InChI is InChI=1S/C18H18N2O3S/c1-12(20-18(22)15-8-3-4-9-16(15)24-20)17(21)19-11-13-6-5-7-14(10-13)23-2/h3-10,12H,11H2,1-2H3,(H,19,21)/t12-/m1/s1. The van der Waals surface area contributed by atoms with Gasteiger partial charge in [0.05, 0.1) is 17.2 Å². The number of carbonyl (C=O) groups excluding carboxylic acids is 1. The van der Waals surface area contributed by atoms with E-state index in [4.69, 9.17) is 4.74 Å². The number of methoxy groups -OCH3 is 1. The third kappa shape index (κ3) is 3.19. The number of nitrogens with zero attached hydrogens (tertiary/aromatic N) is 1. The van der Waals surface area contributed by atoms with E-state index < -0.39 is 6.04 Å². The first-order chi connectivity index (χ1) is 11.6. The lowest BCUT2D eigenvalue weighted by Crippen LogP contribution is -2.33. The van der Waals surface area contributed by atoms with E-state index in [1.165, 1.54) is 15.5 Å². The van der Waals surface area contributed by atoms with E-state index in [0.29, 0.717) is 11.9 Å². The van der Waals surface area contributed by atoms with Crippen molar-refractivity contribution in [3.8, 4) is 5.75 Å². The highest BCUT2D eigenvalue weighted by Crippen LogP contribution is 2.19. The zero-order valence-corrected chi connectivity index (χ0v) is 14.3. The first kappa shape index (κ1) is 16.3. The predicted octanol–water partition coefficient (Wildman–Crippen LogP) is 2.95. The SMILES string of the molecule is COc1cccc(CNC(=O)[C@@H](C)n2sc3ccccc3c2=O)c1. The van der Waals surface area contributed by atoms with Crippen molar-refractivity contribution in [3.63, 3.8) is 0 Å². The molecule has 0 aliphatic rings. The van der Waals surface area contributed by atoms with Crippen molar-refractivity contribution < 1.29 is 9.53 Å². The summed E-state index contributed by atoms with van der Waals surface area (Å²) in [5, 5.41) is 3.52. The lowest BCUT2D eigenvalue weighted by atomic mass is 10.2. The summed E-state index contributed by atoms with van der Waals surface area (Å²) in [6, 6.07) is 14.3. The summed E-state index contributed by atoms with van der Waals surface area (Å²) in [5.41, 5.74) is 0.818. The van der Waals surface area contributed by atoms with Crippen LogP contribution in [0.4, 0.5) is 0 Å². The molecule has 0 spiro atoms. The number of ether oxygens (including phenoxy) is 1. The Hall–Kier alpha value is -2.60. The average molecular weight is 342 g/mol. The lowest BCUT2D eigenvalue weighted by molar-refractivity contribution is -0.123. The fraction of sp³-hybridized carbons (Fsp3) is 0.222. The average Bonchev–Trinajstić information content (AvgIpc) is 2.96. The van der Waals surface area contributed by atoms with Crippen molar-refractivity contribution in [1.29, 1.82) is 0 Å². The quantitative estimate of drug-likeness (QED) is 0.775. The van der Waals surface area contributed by atoms with Gasteiger partial charge in [-0.3, -0.25) is 13.5 Å². The van der Waals surface area contributed by atoms with Gasteiger partial charge in [0.15, 0.2) is 0 Å². The molecule has 1 heterocycles. The Labute approximate surface area is 143 Å². The molecule has 0 bridgehead atoms. The van der Waals surface area contributed by atoms with Crippen molar-refractivity contribution >= 4 is 27.5 Å². The van der Waals surface area contributed by atoms with E-state index in [1.807, 2.05) is 42.5 Å². The molecule has 0 radical (unpaired) electrons. The molecule has 0 saturated heterocycles. The largest absolute Gasteiger partial charge is 0.497 e. The molecule has 1 atom stereocenters. The van der Waals surface area contributed by atoms with Crippen LogP contribution in [0.1, 0.15) is 18.5 Å². The maximum Gasteiger partial charge on any atom is 0.269 e. The topological polar surface area (TPSA) is 60.3 Å². The van der Waals surface area contributed by atoms with Gasteiger partial charge < -0.3 is 10.1 Å². The summed E-state index contributed by atoms with van der Waals surface area (Å²) >= 11 is 1.31. The van der Waals surface area contributed by atoms with E-state index in [-0.39, 0.29) is 11.5 Å². The maximum atomic E-state index is 12.4. The highest BCUT2D eigenvalue weighted by molar-refractivity contribution is 7.14. The second-order valence-corrected chi connectivity index (χ2v) is 6.48. The Kier molecular flexibility index (Phi) is 4.66. The fourth-order valence-electron chi connectivity index (χ4n) is 2.47. The minimum absolute atomic E-state index is 0.125. The Morgan fingerprint density at radius 2 is 2.04 bits per heavy atom. The molecule has 124 valence electrons. The molecule has 0 unspecified atom stereocenters. The summed E-state index contributed by atoms with van der Waals surface area (Å²) < 4.78 is 7.57.